The van der Waals surface area contributed by atoms with Crippen LogP contribution in [0.25, 0.3) is 11.0 Å². The molecule has 0 saturated heterocycles. The van der Waals surface area contributed by atoms with E-state index >= 15 is 0 Å². The zero-order valence-electron chi connectivity index (χ0n) is 19.4. The van der Waals surface area contributed by atoms with Crippen molar-refractivity contribution in [2.24, 2.45) is 5.92 Å². The summed E-state index contributed by atoms with van der Waals surface area (Å²) in [5, 5.41) is 0. The highest BCUT2D eigenvalue weighted by Gasteiger charge is 2.45. The molecule has 0 spiro atoms. The molecule has 0 N–H and O–H groups in total. The van der Waals surface area contributed by atoms with Gasteiger partial charge in [0, 0.05) is 25.1 Å². The Morgan fingerprint density at radius 3 is 2.31 bits per heavy atom. The van der Waals surface area contributed by atoms with Gasteiger partial charge in [0.2, 0.25) is 5.88 Å². The van der Waals surface area contributed by atoms with Gasteiger partial charge in [-0.3, -0.25) is 24.3 Å². The van der Waals surface area contributed by atoms with Crippen molar-refractivity contribution in [3.05, 3.63) is 53.7 Å². The fourth-order valence-electron chi connectivity index (χ4n) is 5.47. The van der Waals surface area contributed by atoms with Gasteiger partial charge in [0.15, 0.2) is 11.9 Å². The van der Waals surface area contributed by atoms with Crippen LogP contribution in [0.2, 0.25) is 0 Å². The zero-order valence-corrected chi connectivity index (χ0v) is 19.4. The lowest BCUT2D eigenvalue weighted by molar-refractivity contribution is -0.129. The number of benzene rings is 1. The van der Waals surface area contributed by atoms with E-state index in [1.165, 1.54) is 4.90 Å². The minimum Gasteiger partial charge on any atom is -0.481 e. The van der Waals surface area contributed by atoms with Gasteiger partial charge in [-0.1, -0.05) is 12.1 Å². The molecule has 2 aliphatic heterocycles. The number of likely N-dealkylation sites (N-methyl/N-ethyl adjacent to an activating group) is 1. The highest BCUT2D eigenvalue weighted by molar-refractivity contribution is 6.21. The highest BCUT2D eigenvalue weighted by atomic mass is 16.5. The quantitative estimate of drug-likeness (QED) is 0.540. The Kier molecular flexibility index (Phi) is 4.94. The number of pyridine rings is 2. The molecule has 35 heavy (non-hydrogen) atoms. The van der Waals surface area contributed by atoms with Gasteiger partial charge in [-0.05, 0) is 43.9 Å². The van der Waals surface area contributed by atoms with Gasteiger partial charge in [-0.25, -0.2) is 4.98 Å². The first-order valence-electron chi connectivity index (χ1n) is 11.7. The van der Waals surface area contributed by atoms with E-state index < -0.39 is 6.10 Å². The molecule has 3 amide bonds. The van der Waals surface area contributed by atoms with E-state index in [2.05, 4.69) is 9.97 Å². The Balaban J connectivity index is 1.23. The van der Waals surface area contributed by atoms with E-state index in [1.807, 2.05) is 6.07 Å². The van der Waals surface area contributed by atoms with Crippen LogP contribution >= 0.6 is 0 Å². The number of fused-ring (bicyclic) bond motifs is 4. The Morgan fingerprint density at radius 2 is 1.66 bits per heavy atom. The maximum absolute atomic E-state index is 13.2. The van der Waals surface area contributed by atoms with Gasteiger partial charge < -0.3 is 14.4 Å². The van der Waals surface area contributed by atoms with Crippen LogP contribution in [0.4, 0.5) is 5.69 Å². The van der Waals surface area contributed by atoms with Crippen molar-refractivity contribution in [1.82, 2.24) is 14.9 Å². The largest absolute Gasteiger partial charge is 0.481 e. The molecule has 1 saturated carbocycles. The summed E-state index contributed by atoms with van der Waals surface area (Å²) in [5.41, 5.74) is 2.70. The smallest absolute Gasteiger partial charge is 0.268 e. The van der Waals surface area contributed by atoms with Gasteiger partial charge in [0.1, 0.15) is 11.2 Å². The molecule has 1 atom stereocenters. The average molecular weight is 473 g/mol. The molecular weight excluding hydrogens is 448 g/mol. The summed E-state index contributed by atoms with van der Waals surface area (Å²) in [6, 6.07) is 10.3. The lowest BCUT2D eigenvalue weighted by Gasteiger charge is -2.39. The van der Waals surface area contributed by atoms with Crippen molar-refractivity contribution in [3.8, 4) is 11.6 Å². The first kappa shape index (κ1) is 21.5. The van der Waals surface area contributed by atoms with Crippen LogP contribution in [-0.4, -0.2) is 58.9 Å². The average Bonchev–Trinajstić information content (AvgIpc) is 3.15. The van der Waals surface area contributed by atoms with Crippen LogP contribution in [0.1, 0.15) is 46.4 Å². The van der Waals surface area contributed by atoms with E-state index in [1.54, 1.807) is 55.6 Å². The van der Waals surface area contributed by atoms with Crippen molar-refractivity contribution >= 4 is 34.4 Å². The van der Waals surface area contributed by atoms with E-state index in [0.717, 1.165) is 0 Å². The third kappa shape index (κ3) is 3.25. The van der Waals surface area contributed by atoms with Gasteiger partial charge in [0.25, 0.3) is 17.7 Å². The van der Waals surface area contributed by atoms with Crippen LogP contribution < -0.4 is 14.4 Å². The minimum atomic E-state index is -0.672. The number of rotatable bonds is 3. The number of hydrogen-bond acceptors (Lipinski definition) is 7. The zero-order chi connectivity index (χ0) is 24.3. The summed E-state index contributed by atoms with van der Waals surface area (Å²) in [6.45, 7) is 0. The molecule has 3 aliphatic rings. The minimum absolute atomic E-state index is 0.0432. The van der Waals surface area contributed by atoms with Gasteiger partial charge in [0.05, 0.1) is 30.0 Å². The number of ether oxygens (including phenoxy) is 2. The summed E-state index contributed by atoms with van der Waals surface area (Å²) in [4.78, 5) is 51.0. The van der Waals surface area contributed by atoms with E-state index in [9.17, 15) is 14.4 Å². The maximum atomic E-state index is 13.2. The molecule has 9 heteroatoms. The summed E-state index contributed by atoms with van der Waals surface area (Å²) in [7, 11) is 3.26. The fraction of sp³-hybridized carbons (Fsp3) is 0.346. The molecule has 0 radical (unpaired) electrons. The van der Waals surface area contributed by atoms with Crippen LogP contribution in [0.5, 0.6) is 11.6 Å². The summed E-state index contributed by atoms with van der Waals surface area (Å²) in [5.74, 6) is 0.319. The number of amides is 3. The van der Waals surface area contributed by atoms with E-state index in [4.69, 9.17) is 9.47 Å². The number of imide groups is 1. The van der Waals surface area contributed by atoms with E-state index in [0.29, 0.717) is 65.2 Å². The van der Waals surface area contributed by atoms with E-state index in [-0.39, 0.29) is 29.7 Å². The molecule has 6 rings (SSSR count). The molecule has 1 aliphatic carbocycles. The van der Waals surface area contributed by atoms with Crippen molar-refractivity contribution in [1.29, 1.82) is 0 Å². The fourth-order valence-corrected chi connectivity index (χ4v) is 5.47. The number of carbonyl (C=O) groups is 3. The molecule has 3 aromatic rings. The highest BCUT2D eigenvalue weighted by Crippen LogP contribution is 2.42. The van der Waals surface area contributed by atoms with Gasteiger partial charge in [-0.2, -0.15) is 0 Å². The Bertz CT molecular complexity index is 1350. The molecule has 4 heterocycles. The van der Waals surface area contributed by atoms with Crippen molar-refractivity contribution in [2.75, 3.05) is 19.1 Å². The molecule has 0 bridgehead atoms. The monoisotopic (exact) mass is 472 g/mol. The van der Waals surface area contributed by atoms with Crippen LogP contribution in [0, 0.1) is 5.92 Å². The van der Waals surface area contributed by atoms with Crippen molar-refractivity contribution < 1.29 is 23.9 Å². The van der Waals surface area contributed by atoms with Crippen LogP contribution in [-0.2, 0) is 4.79 Å². The Hall–Kier alpha value is -4.01. The number of aromatic nitrogens is 2. The SMILES string of the molecule is COc1ccc2ncc3c(c2n1)OC(C1CCC(N2C(=O)c4ccccc4C2=O)CC1)C(=O)N3C. The second-order valence-corrected chi connectivity index (χ2v) is 9.22. The first-order valence-corrected chi connectivity index (χ1v) is 11.7. The standard InChI is InChI=1S/C26H24N4O5/c1-29-19-13-27-18-11-12-20(34-2)28-21(18)23(19)35-22(26(29)33)14-7-9-15(10-8-14)30-24(31)16-5-3-4-6-17(16)25(30)32/h3-6,11-15,22H,7-10H2,1-2H3. The summed E-state index contributed by atoms with van der Waals surface area (Å²) >= 11 is 0. The number of methoxy groups -OCH3 is 1. The Labute approximate surface area is 201 Å². The number of anilines is 1. The maximum Gasteiger partial charge on any atom is 0.268 e. The second-order valence-electron chi connectivity index (χ2n) is 9.22. The molecule has 2 aromatic heterocycles. The Morgan fingerprint density at radius 1 is 0.971 bits per heavy atom. The van der Waals surface area contributed by atoms with Crippen LogP contribution in [0.3, 0.4) is 0 Å². The van der Waals surface area contributed by atoms with Crippen molar-refractivity contribution in [3.63, 3.8) is 0 Å². The molecule has 1 fully saturated rings. The van der Waals surface area contributed by atoms with Gasteiger partial charge in [-0.15, -0.1) is 0 Å². The number of carbonyl (C=O) groups excluding carboxylic acids is 3. The molecule has 1 aromatic carbocycles. The number of hydrogen-bond donors (Lipinski definition) is 0. The third-order valence-corrected chi connectivity index (χ3v) is 7.37. The predicted molar refractivity (Wildman–Crippen MR) is 127 cm³/mol. The molecule has 178 valence electrons. The molecule has 1 unspecified atom stereocenters. The van der Waals surface area contributed by atoms with Gasteiger partial charge >= 0.3 is 0 Å². The summed E-state index contributed by atoms with van der Waals surface area (Å²) in [6.07, 6.45) is 3.54. The number of nitrogens with zero attached hydrogens (tertiary/aromatic N) is 4. The lowest BCUT2D eigenvalue weighted by atomic mass is 9.81. The molecular formula is C26H24N4O5. The third-order valence-electron chi connectivity index (χ3n) is 7.37. The lowest BCUT2D eigenvalue weighted by Crippen LogP contribution is -2.50. The normalized spacial score (nSPS) is 23.8. The predicted octanol–water partition coefficient (Wildman–Crippen LogP) is 3.22. The summed E-state index contributed by atoms with van der Waals surface area (Å²) < 4.78 is 11.6. The topological polar surface area (TPSA) is 102 Å². The first-order chi connectivity index (χ1) is 17.0. The van der Waals surface area contributed by atoms with Crippen LogP contribution in [0.15, 0.2) is 42.6 Å². The second kappa shape index (κ2) is 8.04. The van der Waals surface area contributed by atoms with Crippen molar-refractivity contribution in [2.45, 2.75) is 37.8 Å². The molecule has 9 nitrogen and oxygen atoms in total.